The number of amides is 1. The van der Waals surface area contributed by atoms with Gasteiger partial charge in [-0.05, 0) is 46.5 Å². The highest BCUT2D eigenvalue weighted by Crippen LogP contribution is 2.23. The molecule has 0 atom stereocenters. The van der Waals surface area contributed by atoms with Crippen molar-refractivity contribution in [2.45, 2.75) is 27.2 Å². The van der Waals surface area contributed by atoms with Gasteiger partial charge in [0.15, 0.2) is 0 Å². The Balaban J connectivity index is 1.70. The Kier molecular flexibility index (Phi) is 5.22. The average molecular weight is 343 g/mol. The number of carbonyl (C=O) groups is 1. The Morgan fingerprint density at radius 1 is 0.885 bits per heavy atom. The number of benzene rings is 3. The van der Waals surface area contributed by atoms with Crippen molar-refractivity contribution in [2.24, 2.45) is 5.41 Å². The van der Waals surface area contributed by atoms with Crippen LogP contribution < -0.4 is 5.32 Å². The molecular weight excluding hydrogens is 318 g/mol. The molecule has 0 aromatic heterocycles. The quantitative estimate of drug-likeness (QED) is 0.535. The van der Waals surface area contributed by atoms with Gasteiger partial charge in [0.05, 0.1) is 0 Å². The molecule has 0 unspecified atom stereocenters. The third kappa shape index (κ3) is 4.20. The summed E-state index contributed by atoms with van der Waals surface area (Å²) in [6, 6.07) is 22.8. The summed E-state index contributed by atoms with van der Waals surface area (Å²) in [6.07, 6.45) is 5.01. The molecule has 0 spiro atoms. The van der Waals surface area contributed by atoms with Crippen molar-refractivity contribution in [1.82, 2.24) is 0 Å². The van der Waals surface area contributed by atoms with Crippen LogP contribution in [0.5, 0.6) is 0 Å². The monoisotopic (exact) mass is 343 g/mol. The van der Waals surface area contributed by atoms with Crippen LogP contribution in [0, 0.1) is 5.41 Å². The summed E-state index contributed by atoms with van der Waals surface area (Å²) < 4.78 is 0. The topological polar surface area (TPSA) is 29.1 Å². The van der Waals surface area contributed by atoms with Gasteiger partial charge in [-0.2, -0.15) is 0 Å². The lowest BCUT2D eigenvalue weighted by Crippen LogP contribution is -2.29. The predicted molar refractivity (Wildman–Crippen MR) is 112 cm³/mol. The Morgan fingerprint density at radius 2 is 1.50 bits per heavy atom. The molecule has 1 N–H and O–H groups in total. The highest BCUT2D eigenvalue weighted by molar-refractivity contribution is 5.94. The van der Waals surface area contributed by atoms with Gasteiger partial charge in [0.25, 0.3) is 0 Å². The van der Waals surface area contributed by atoms with Gasteiger partial charge in [-0.25, -0.2) is 0 Å². The summed E-state index contributed by atoms with van der Waals surface area (Å²) in [5.74, 6) is 0.0551. The number of hydrogen-bond acceptors (Lipinski definition) is 1. The molecule has 3 aromatic carbocycles. The van der Waals surface area contributed by atoms with E-state index in [0.29, 0.717) is 0 Å². The molecule has 1 amide bonds. The average Bonchev–Trinajstić information content (AvgIpc) is 2.67. The van der Waals surface area contributed by atoms with Gasteiger partial charge in [-0.3, -0.25) is 4.79 Å². The predicted octanol–water partition coefficient (Wildman–Crippen LogP) is 6.38. The van der Waals surface area contributed by atoms with E-state index in [9.17, 15) is 4.79 Å². The van der Waals surface area contributed by atoms with Crippen LogP contribution in [0.4, 0.5) is 5.69 Å². The zero-order valence-corrected chi connectivity index (χ0v) is 15.6. The third-order valence-corrected chi connectivity index (χ3v) is 4.91. The molecule has 3 rings (SSSR count). The van der Waals surface area contributed by atoms with Crippen LogP contribution in [-0.4, -0.2) is 5.91 Å². The molecule has 0 fully saturated rings. The van der Waals surface area contributed by atoms with E-state index in [2.05, 4.69) is 59.9 Å². The number of rotatable bonds is 5. The van der Waals surface area contributed by atoms with Crippen molar-refractivity contribution in [1.29, 1.82) is 0 Å². The molecule has 132 valence electrons. The van der Waals surface area contributed by atoms with Crippen molar-refractivity contribution in [2.75, 3.05) is 5.32 Å². The van der Waals surface area contributed by atoms with E-state index in [1.165, 1.54) is 16.3 Å². The number of carbonyl (C=O) groups excluding carboxylic acids is 1. The minimum atomic E-state index is -0.353. The third-order valence-electron chi connectivity index (χ3n) is 4.91. The Bertz CT molecular complexity index is 936. The highest BCUT2D eigenvalue weighted by Gasteiger charge is 2.25. The summed E-state index contributed by atoms with van der Waals surface area (Å²) in [5.41, 5.74) is 2.75. The molecule has 0 aliphatic rings. The fraction of sp³-hybridized carbons (Fsp3) is 0.208. The fourth-order valence-corrected chi connectivity index (χ4v) is 2.64. The van der Waals surface area contributed by atoms with Gasteiger partial charge in [0.2, 0.25) is 5.91 Å². The lowest BCUT2D eigenvalue weighted by Gasteiger charge is -2.21. The lowest BCUT2D eigenvalue weighted by atomic mass is 9.89. The second-order valence-electron chi connectivity index (χ2n) is 7.25. The molecule has 2 nitrogen and oxygen atoms in total. The van der Waals surface area contributed by atoms with Crippen LogP contribution in [0.15, 0.2) is 66.7 Å². The van der Waals surface area contributed by atoms with Gasteiger partial charge in [0.1, 0.15) is 0 Å². The largest absolute Gasteiger partial charge is 0.326 e. The van der Waals surface area contributed by atoms with Gasteiger partial charge < -0.3 is 5.32 Å². The summed E-state index contributed by atoms with van der Waals surface area (Å²) in [4.78, 5) is 12.2. The molecule has 0 heterocycles. The second-order valence-corrected chi connectivity index (χ2v) is 7.25. The number of nitrogens with one attached hydrogen (secondary N) is 1. The fourth-order valence-electron chi connectivity index (χ4n) is 2.64. The molecule has 2 heteroatoms. The SMILES string of the molecule is CCC(C)(C)C(=O)Nc1ccc(/C=C/c2ccc3ccccc3c2)cc1. The standard InChI is InChI=1S/C24H25NO/c1-4-24(2,3)23(26)25-22-15-12-18(13-16-22)9-10-19-11-14-20-7-5-6-8-21(20)17-19/h5-17H,4H2,1-3H3,(H,25,26)/b10-9+. The summed E-state index contributed by atoms with van der Waals surface area (Å²) in [7, 11) is 0. The van der Waals surface area contributed by atoms with Crippen LogP contribution in [-0.2, 0) is 4.79 Å². The molecule has 26 heavy (non-hydrogen) atoms. The first-order valence-corrected chi connectivity index (χ1v) is 9.06. The zero-order chi connectivity index (χ0) is 18.6. The van der Waals surface area contributed by atoms with E-state index < -0.39 is 0 Å². The molecule has 3 aromatic rings. The van der Waals surface area contributed by atoms with Crippen LogP contribution in [0.25, 0.3) is 22.9 Å². The van der Waals surface area contributed by atoms with E-state index >= 15 is 0 Å². The van der Waals surface area contributed by atoms with Crippen LogP contribution >= 0.6 is 0 Å². The van der Waals surface area contributed by atoms with Crippen molar-refractivity contribution in [3.8, 4) is 0 Å². The van der Waals surface area contributed by atoms with Gasteiger partial charge in [-0.15, -0.1) is 0 Å². The molecule has 0 radical (unpaired) electrons. The van der Waals surface area contributed by atoms with Gasteiger partial charge in [0, 0.05) is 11.1 Å². The normalized spacial score (nSPS) is 11.8. The van der Waals surface area contributed by atoms with Crippen LogP contribution in [0.1, 0.15) is 38.3 Å². The van der Waals surface area contributed by atoms with E-state index in [-0.39, 0.29) is 11.3 Å². The maximum atomic E-state index is 12.2. The van der Waals surface area contributed by atoms with E-state index in [1.54, 1.807) is 0 Å². The molecule has 0 saturated carbocycles. The molecule has 0 saturated heterocycles. The maximum absolute atomic E-state index is 12.2. The maximum Gasteiger partial charge on any atom is 0.230 e. The summed E-state index contributed by atoms with van der Waals surface area (Å²) in [6.45, 7) is 5.95. The summed E-state index contributed by atoms with van der Waals surface area (Å²) >= 11 is 0. The second kappa shape index (κ2) is 7.57. The molecule has 0 bridgehead atoms. The Hall–Kier alpha value is -2.87. The first kappa shape index (κ1) is 17.9. The number of anilines is 1. The number of fused-ring (bicyclic) bond motifs is 1. The molecular formula is C24H25NO. The van der Waals surface area contributed by atoms with Crippen molar-refractivity contribution >= 4 is 34.5 Å². The minimum Gasteiger partial charge on any atom is -0.326 e. The van der Waals surface area contributed by atoms with Crippen molar-refractivity contribution in [3.05, 3.63) is 77.9 Å². The van der Waals surface area contributed by atoms with Crippen molar-refractivity contribution in [3.63, 3.8) is 0 Å². The first-order chi connectivity index (χ1) is 12.5. The Labute approximate surface area is 155 Å². The molecule has 0 aliphatic heterocycles. The smallest absolute Gasteiger partial charge is 0.230 e. The lowest BCUT2D eigenvalue weighted by molar-refractivity contribution is -0.124. The first-order valence-electron chi connectivity index (χ1n) is 9.06. The molecule has 0 aliphatic carbocycles. The summed E-state index contributed by atoms with van der Waals surface area (Å²) in [5, 5.41) is 5.48. The van der Waals surface area contributed by atoms with Gasteiger partial charge in [-0.1, -0.05) is 81.5 Å². The Morgan fingerprint density at radius 3 is 2.19 bits per heavy atom. The van der Waals surface area contributed by atoms with E-state index in [0.717, 1.165) is 17.7 Å². The minimum absolute atomic E-state index is 0.0551. The zero-order valence-electron chi connectivity index (χ0n) is 15.6. The van der Waals surface area contributed by atoms with Crippen LogP contribution in [0.2, 0.25) is 0 Å². The highest BCUT2D eigenvalue weighted by atomic mass is 16.2. The van der Waals surface area contributed by atoms with Gasteiger partial charge >= 0.3 is 0 Å². The van der Waals surface area contributed by atoms with E-state index in [4.69, 9.17) is 0 Å². The number of hydrogen-bond donors (Lipinski definition) is 1. The van der Waals surface area contributed by atoms with Crippen molar-refractivity contribution < 1.29 is 4.79 Å². The van der Waals surface area contributed by atoms with Crippen LogP contribution in [0.3, 0.4) is 0 Å². The van der Waals surface area contributed by atoms with E-state index in [1.807, 2.05) is 45.0 Å².